The van der Waals surface area contributed by atoms with E-state index in [0.29, 0.717) is 13.1 Å². The SMILES string of the molecule is CCn1c(C)cc(C(=O)N2C[C@H](C)[C@@](O)(C(C)C)C2)c1C. The van der Waals surface area contributed by atoms with Gasteiger partial charge in [-0.15, -0.1) is 0 Å². The van der Waals surface area contributed by atoms with Crippen molar-refractivity contribution < 1.29 is 9.90 Å². The van der Waals surface area contributed by atoms with Gasteiger partial charge in [0, 0.05) is 30.4 Å². The monoisotopic (exact) mass is 292 g/mol. The summed E-state index contributed by atoms with van der Waals surface area (Å²) in [5, 5.41) is 10.8. The zero-order valence-corrected chi connectivity index (χ0v) is 14.1. The van der Waals surface area contributed by atoms with E-state index in [1.54, 1.807) is 0 Å². The van der Waals surface area contributed by atoms with Gasteiger partial charge in [0.25, 0.3) is 5.91 Å². The second-order valence-electron chi connectivity index (χ2n) is 6.76. The second kappa shape index (κ2) is 5.48. The van der Waals surface area contributed by atoms with Crippen molar-refractivity contribution in [1.82, 2.24) is 9.47 Å². The Bertz CT molecular complexity index is 547. The van der Waals surface area contributed by atoms with E-state index in [2.05, 4.69) is 11.5 Å². The summed E-state index contributed by atoms with van der Waals surface area (Å²) in [4.78, 5) is 14.6. The molecule has 2 heterocycles. The summed E-state index contributed by atoms with van der Waals surface area (Å²) in [7, 11) is 0. The first-order chi connectivity index (χ1) is 9.72. The summed E-state index contributed by atoms with van der Waals surface area (Å²) >= 11 is 0. The van der Waals surface area contributed by atoms with Crippen LogP contribution in [-0.4, -0.2) is 39.2 Å². The molecule has 0 unspecified atom stereocenters. The third kappa shape index (κ3) is 2.50. The molecule has 1 aliphatic rings. The lowest BCUT2D eigenvalue weighted by molar-refractivity contribution is -0.0243. The van der Waals surface area contributed by atoms with Crippen molar-refractivity contribution in [2.24, 2.45) is 11.8 Å². The van der Waals surface area contributed by atoms with E-state index in [1.807, 2.05) is 45.6 Å². The fourth-order valence-electron chi connectivity index (χ4n) is 3.60. The topological polar surface area (TPSA) is 45.5 Å². The summed E-state index contributed by atoms with van der Waals surface area (Å²) < 4.78 is 2.15. The Morgan fingerprint density at radius 2 is 2.10 bits per heavy atom. The normalized spacial score (nSPS) is 25.9. The van der Waals surface area contributed by atoms with Crippen LogP contribution in [-0.2, 0) is 6.54 Å². The van der Waals surface area contributed by atoms with Crippen molar-refractivity contribution in [3.05, 3.63) is 23.0 Å². The predicted octanol–water partition coefficient (Wildman–Crippen LogP) is 2.60. The molecule has 2 atom stereocenters. The Balaban J connectivity index is 2.27. The fraction of sp³-hybridized carbons (Fsp3) is 0.706. The molecule has 0 radical (unpaired) electrons. The number of amides is 1. The minimum Gasteiger partial charge on any atom is -0.387 e. The Morgan fingerprint density at radius 3 is 2.52 bits per heavy atom. The highest BCUT2D eigenvalue weighted by molar-refractivity contribution is 5.96. The quantitative estimate of drug-likeness (QED) is 0.931. The van der Waals surface area contributed by atoms with Gasteiger partial charge in [0.15, 0.2) is 0 Å². The van der Waals surface area contributed by atoms with Gasteiger partial charge in [-0.05, 0) is 32.8 Å². The van der Waals surface area contributed by atoms with E-state index >= 15 is 0 Å². The molecule has 1 N–H and O–H groups in total. The van der Waals surface area contributed by atoms with Gasteiger partial charge in [0.2, 0.25) is 0 Å². The van der Waals surface area contributed by atoms with Gasteiger partial charge in [0.1, 0.15) is 0 Å². The number of aromatic nitrogens is 1. The molecule has 0 bridgehead atoms. The van der Waals surface area contributed by atoms with Gasteiger partial charge in [-0.2, -0.15) is 0 Å². The van der Waals surface area contributed by atoms with Crippen LogP contribution in [0.3, 0.4) is 0 Å². The van der Waals surface area contributed by atoms with Gasteiger partial charge in [0.05, 0.1) is 17.7 Å². The molecular weight excluding hydrogens is 264 g/mol. The van der Waals surface area contributed by atoms with E-state index in [-0.39, 0.29) is 17.7 Å². The molecular formula is C17H28N2O2. The average molecular weight is 292 g/mol. The van der Waals surface area contributed by atoms with Crippen molar-refractivity contribution >= 4 is 5.91 Å². The van der Waals surface area contributed by atoms with E-state index in [9.17, 15) is 9.90 Å². The third-order valence-electron chi connectivity index (χ3n) is 5.20. The number of carbonyl (C=O) groups excluding carboxylic acids is 1. The van der Waals surface area contributed by atoms with Crippen LogP contribution >= 0.6 is 0 Å². The summed E-state index contributed by atoms with van der Waals surface area (Å²) in [6.07, 6.45) is 0. The van der Waals surface area contributed by atoms with Crippen LogP contribution in [0.5, 0.6) is 0 Å². The fourth-order valence-corrected chi connectivity index (χ4v) is 3.60. The summed E-state index contributed by atoms with van der Waals surface area (Å²) in [5.74, 6) is 0.302. The molecule has 21 heavy (non-hydrogen) atoms. The Morgan fingerprint density at radius 1 is 1.48 bits per heavy atom. The van der Waals surface area contributed by atoms with Crippen LogP contribution in [0.25, 0.3) is 0 Å². The lowest BCUT2D eigenvalue weighted by Gasteiger charge is -2.31. The molecule has 4 nitrogen and oxygen atoms in total. The molecule has 1 amide bonds. The van der Waals surface area contributed by atoms with Crippen LogP contribution in [0.4, 0.5) is 0 Å². The minimum atomic E-state index is -0.772. The standard InChI is InChI=1S/C17H28N2O2/c1-7-19-13(5)8-15(14(19)6)16(20)18-9-12(4)17(21,10-18)11(2)3/h8,11-12,21H,7,9-10H2,1-6H3/t12-,17-/m0/s1. The third-order valence-corrected chi connectivity index (χ3v) is 5.20. The first kappa shape index (κ1) is 16.1. The zero-order valence-electron chi connectivity index (χ0n) is 14.1. The smallest absolute Gasteiger partial charge is 0.255 e. The molecule has 1 aromatic heterocycles. The van der Waals surface area contributed by atoms with Crippen molar-refractivity contribution in [2.45, 2.75) is 53.7 Å². The van der Waals surface area contributed by atoms with Gasteiger partial charge in [-0.25, -0.2) is 0 Å². The van der Waals surface area contributed by atoms with E-state index in [1.165, 1.54) is 0 Å². The Hall–Kier alpha value is -1.29. The first-order valence-corrected chi connectivity index (χ1v) is 7.90. The summed E-state index contributed by atoms with van der Waals surface area (Å²) in [5.41, 5.74) is 2.14. The van der Waals surface area contributed by atoms with Gasteiger partial charge >= 0.3 is 0 Å². The number of likely N-dealkylation sites (tertiary alicyclic amines) is 1. The lowest BCUT2D eigenvalue weighted by Crippen LogP contribution is -2.43. The van der Waals surface area contributed by atoms with E-state index in [4.69, 9.17) is 0 Å². The molecule has 2 rings (SSSR count). The number of rotatable bonds is 3. The number of hydrogen-bond acceptors (Lipinski definition) is 2. The van der Waals surface area contributed by atoms with Crippen molar-refractivity contribution in [3.8, 4) is 0 Å². The van der Waals surface area contributed by atoms with Crippen LogP contribution < -0.4 is 0 Å². The highest BCUT2D eigenvalue weighted by atomic mass is 16.3. The van der Waals surface area contributed by atoms with Crippen LogP contribution in [0.1, 0.15) is 49.4 Å². The Labute approximate surface area is 127 Å². The molecule has 0 spiro atoms. The van der Waals surface area contributed by atoms with Crippen molar-refractivity contribution in [3.63, 3.8) is 0 Å². The van der Waals surface area contributed by atoms with Crippen LogP contribution in [0, 0.1) is 25.7 Å². The molecule has 1 saturated heterocycles. The maximum absolute atomic E-state index is 12.8. The minimum absolute atomic E-state index is 0.0474. The highest BCUT2D eigenvalue weighted by Crippen LogP contribution is 2.34. The number of β-amino-alcohol motifs (C(OH)–C–C–N with tert-alkyl or cyclic N) is 1. The second-order valence-corrected chi connectivity index (χ2v) is 6.76. The largest absolute Gasteiger partial charge is 0.387 e. The van der Waals surface area contributed by atoms with Gasteiger partial charge in [-0.1, -0.05) is 20.8 Å². The van der Waals surface area contributed by atoms with E-state index in [0.717, 1.165) is 23.5 Å². The number of nitrogens with zero attached hydrogens (tertiary/aromatic N) is 2. The molecule has 0 saturated carbocycles. The maximum atomic E-state index is 12.8. The predicted molar refractivity (Wildman–Crippen MR) is 84.4 cm³/mol. The zero-order chi connectivity index (χ0) is 15.9. The summed E-state index contributed by atoms with van der Waals surface area (Å²) in [6, 6.07) is 1.97. The average Bonchev–Trinajstić information content (AvgIpc) is 2.88. The van der Waals surface area contributed by atoms with Gasteiger partial charge in [-0.3, -0.25) is 4.79 Å². The van der Waals surface area contributed by atoms with Gasteiger partial charge < -0.3 is 14.6 Å². The molecule has 1 aromatic rings. The number of carbonyl (C=O) groups is 1. The Kier molecular flexibility index (Phi) is 4.20. The number of hydrogen-bond donors (Lipinski definition) is 1. The maximum Gasteiger partial charge on any atom is 0.255 e. The molecule has 4 heteroatoms. The summed E-state index contributed by atoms with van der Waals surface area (Å²) in [6.45, 7) is 14.1. The van der Waals surface area contributed by atoms with Crippen LogP contribution in [0.15, 0.2) is 6.07 Å². The first-order valence-electron chi connectivity index (χ1n) is 7.90. The van der Waals surface area contributed by atoms with E-state index < -0.39 is 5.60 Å². The molecule has 0 aliphatic carbocycles. The number of aryl methyl sites for hydroxylation is 1. The lowest BCUT2D eigenvalue weighted by atomic mass is 9.82. The molecule has 1 aliphatic heterocycles. The van der Waals surface area contributed by atoms with Crippen molar-refractivity contribution in [1.29, 1.82) is 0 Å². The number of aliphatic hydroxyl groups is 1. The van der Waals surface area contributed by atoms with Crippen molar-refractivity contribution in [2.75, 3.05) is 13.1 Å². The van der Waals surface area contributed by atoms with Crippen LogP contribution in [0.2, 0.25) is 0 Å². The molecule has 1 fully saturated rings. The highest BCUT2D eigenvalue weighted by Gasteiger charge is 2.46. The molecule has 0 aromatic carbocycles. The molecule has 118 valence electrons.